The van der Waals surface area contributed by atoms with E-state index in [0.29, 0.717) is 16.6 Å². The molecule has 0 aromatic heterocycles. The highest BCUT2D eigenvalue weighted by Gasteiger charge is 2.13. The summed E-state index contributed by atoms with van der Waals surface area (Å²) in [7, 11) is -3.17. The lowest BCUT2D eigenvalue weighted by molar-refractivity contribution is 0.600. The Kier molecular flexibility index (Phi) is 5.66. The Bertz CT molecular complexity index is 468. The van der Waals surface area contributed by atoms with Crippen molar-refractivity contribution in [1.82, 2.24) is 0 Å². The van der Waals surface area contributed by atoms with Gasteiger partial charge >= 0.3 is 0 Å². The van der Waals surface area contributed by atoms with E-state index in [1.807, 2.05) is 12.1 Å². The summed E-state index contributed by atoms with van der Waals surface area (Å²) >= 11 is 0. The Balaban J connectivity index is 2.73. The van der Waals surface area contributed by atoms with E-state index < -0.39 is 9.84 Å². The number of benzene rings is 1. The Morgan fingerprint density at radius 2 is 1.89 bits per heavy atom. The molecule has 1 atom stereocenters. The molecule has 0 fully saturated rings. The third-order valence-corrected chi connectivity index (χ3v) is 4.08. The van der Waals surface area contributed by atoms with Crippen LogP contribution in [-0.4, -0.2) is 20.7 Å². The molecule has 0 heterocycles. The van der Waals surface area contributed by atoms with Crippen molar-refractivity contribution in [2.75, 3.05) is 11.6 Å². The summed E-state index contributed by atoms with van der Waals surface area (Å²) in [6.07, 6.45) is 5.90. The average Bonchev–Trinajstić information content (AvgIpc) is 2.28. The highest BCUT2D eigenvalue weighted by molar-refractivity contribution is 7.90. The van der Waals surface area contributed by atoms with Crippen molar-refractivity contribution in [2.45, 2.75) is 50.5 Å². The van der Waals surface area contributed by atoms with Gasteiger partial charge in [0.15, 0.2) is 9.84 Å². The molecule has 102 valence electrons. The van der Waals surface area contributed by atoms with Crippen LogP contribution in [0.1, 0.15) is 39.5 Å². The molecule has 1 unspecified atom stereocenters. The zero-order chi connectivity index (χ0) is 13.6. The van der Waals surface area contributed by atoms with Gasteiger partial charge in [-0.1, -0.05) is 38.3 Å². The van der Waals surface area contributed by atoms with E-state index in [-0.39, 0.29) is 0 Å². The van der Waals surface area contributed by atoms with Crippen molar-refractivity contribution in [3.63, 3.8) is 0 Å². The van der Waals surface area contributed by atoms with Crippen molar-refractivity contribution in [2.24, 2.45) is 0 Å². The number of unbranched alkanes of at least 4 members (excludes halogenated alkanes) is 2. The van der Waals surface area contributed by atoms with E-state index >= 15 is 0 Å². The molecule has 0 amide bonds. The fourth-order valence-electron chi connectivity index (χ4n) is 1.95. The predicted octanol–water partition coefficient (Wildman–Crippen LogP) is 3.47. The first-order valence-corrected chi connectivity index (χ1v) is 8.40. The molecule has 1 rings (SSSR count). The van der Waals surface area contributed by atoms with Gasteiger partial charge in [0.2, 0.25) is 0 Å². The highest BCUT2D eigenvalue weighted by atomic mass is 32.2. The summed E-state index contributed by atoms with van der Waals surface area (Å²) in [6, 6.07) is 7.38. The van der Waals surface area contributed by atoms with Crippen LogP contribution in [0.3, 0.4) is 0 Å². The fraction of sp³-hybridized carbons (Fsp3) is 0.571. The number of sulfone groups is 1. The van der Waals surface area contributed by atoms with E-state index in [2.05, 4.69) is 19.2 Å². The van der Waals surface area contributed by atoms with Gasteiger partial charge in [-0.2, -0.15) is 0 Å². The number of nitrogens with one attached hydrogen (secondary N) is 1. The summed E-state index contributed by atoms with van der Waals surface area (Å²) in [5, 5.41) is 3.30. The molecule has 18 heavy (non-hydrogen) atoms. The molecule has 0 aliphatic heterocycles. The fourth-order valence-corrected chi connectivity index (χ4v) is 2.80. The minimum absolute atomic E-state index is 0.291. The quantitative estimate of drug-likeness (QED) is 0.771. The van der Waals surface area contributed by atoms with Gasteiger partial charge in [0, 0.05) is 12.3 Å². The molecule has 0 aliphatic carbocycles. The van der Waals surface area contributed by atoms with E-state index in [0.717, 1.165) is 6.42 Å². The van der Waals surface area contributed by atoms with Gasteiger partial charge in [-0.25, -0.2) is 8.42 Å². The van der Waals surface area contributed by atoms with Crippen LogP contribution in [0.4, 0.5) is 5.69 Å². The summed E-state index contributed by atoms with van der Waals surface area (Å²) in [6.45, 7) is 4.27. The standard InChI is InChI=1S/C14H23NO2S/c1-4-5-6-9-12(2)15-13-10-7-8-11-14(13)18(3,16)17/h7-8,10-12,15H,4-6,9H2,1-3H3. The van der Waals surface area contributed by atoms with Gasteiger partial charge in [0.25, 0.3) is 0 Å². The monoisotopic (exact) mass is 269 g/mol. The number of rotatable bonds is 7. The Morgan fingerprint density at radius 3 is 2.50 bits per heavy atom. The number of hydrogen-bond acceptors (Lipinski definition) is 3. The van der Waals surface area contributed by atoms with Crippen LogP contribution in [0, 0.1) is 0 Å². The van der Waals surface area contributed by atoms with Crippen molar-refractivity contribution < 1.29 is 8.42 Å². The Hall–Kier alpha value is -1.03. The average molecular weight is 269 g/mol. The van der Waals surface area contributed by atoms with E-state index in [4.69, 9.17) is 0 Å². The van der Waals surface area contributed by atoms with Crippen LogP contribution in [0.25, 0.3) is 0 Å². The molecule has 1 aromatic carbocycles. The second kappa shape index (κ2) is 6.78. The van der Waals surface area contributed by atoms with Crippen LogP contribution in [-0.2, 0) is 9.84 Å². The minimum atomic E-state index is -3.17. The van der Waals surface area contributed by atoms with Gasteiger partial charge in [-0.15, -0.1) is 0 Å². The first kappa shape index (κ1) is 15.0. The zero-order valence-corrected chi connectivity index (χ0v) is 12.3. The molecule has 3 nitrogen and oxygen atoms in total. The SMILES string of the molecule is CCCCCC(C)Nc1ccccc1S(C)(=O)=O. The molecule has 0 bridgehead atoms. The molecule has 1 aromatic rings. The second-order valence-corrected chi connectivity index (χ2v) is 6.79. The molecule has 0 saturated carbocycles. The van der Waals surface area contributed by atoms with Gasteiger partial charge < -0.3 is 5.32 Å². The minimum Gasteiger partial charge on any atom is -0.382 e. The second-order valence-electron chi connectivity index (χ2n) is 4.81. The molecule has 4 heteroatoms. The maximum Gasteiger partial charge on any atom is 0.177 e. The Morgan fingerprint density at radius 1 is 1.22 bits per heavy atom. The normalized spacial score (nSPS) is 13.3. The maximum absolute atomic E-state index is 11.7. The molecule has 0 radical (unpaired) electrons. The third kappa shape index (κ3) is 4.69. The van der Waals surface area contributed by atoms with Gasteiger partial charge in [0.1, 0.15) is 0 Å². The van der Waals surface area contributed by atoms with Gasteiger partial charge in [-0.05, 0) is 25.5 Å². The van der Waals surface area contributed by atoms with Crippen LogP contribution in [0.2, 0.25) is 0 Å². The van der Waals surface area contributed by atoms with Crippen molar-refractivity contribution >= 4 is 15.5 Å². The van der Waals surface area contributed by atoms with Gasteiger partial charge in [0.05, 0.1) is 10.6 Å². The lowest BCUT2D eigenvalue weighted by Gasteiger charge is -2.17. The van der Waals surface area contributed by atoms with Crippen LogP contribution < -0.4 is 5.32 Å². The molecule has 0 spiro atoms. The molecular formula is C14H23NO2S. The molecule has 0 saturated heterocycles. The summed E-state index contributed by atoms with van der Waals surface area (Å²) in [5.41, 5.74) is 0.712. The molecule has 1 N–H and O–H groups in total. The van der Waals surface area contributed by atoms with Crippen molar-refractivity contribution in [3.05, 3.63) is 24.3 Å². The topological polar surface area (TPSA) is 46.2 Å². The number of anilines is 1. The zero-order valence-electron chi connectivity index (χ0n) is 11.4. The van der Waals surface area contributed by atoms with Crippen LogP contribution in [0.15, 0.2) is 29.2 Å². The number of hydrogen-bond donors (Lipinski definition) is 1. The first-order chi connectivity index (χ1) is 8.45. The summed E-state index contributed by atoms with van der Waals surface area (Å²) < 4.78 is 23.3. The van der Waals surface area contributed by atoms with Crippen molar-refractivity contribution in [3.8, 4) is 0 Å². The summed E-state index contributed by atoms with van der Waals surface area (Å²) in [5.74, 6) is 0. The van der Waals surface area contributed by atoms with Crippen LogP contribution in [0.5, 0.6) is 0 Å². The lowest BCUT2D eigenvalue weighted by atomic mass is 10.1. The van der Waals surface area contributed by atoms with E-state index in [9.17, 15) is 8.42 Å². The predicted molar refractivity (Wildman–Crippen MR) is 76.8 cm³/mol. The van der Waals surface area contributed by atoms with Crippen LogP contribution >= 0.6 is 0 Å². The Labute approximate surface area is 111 Å². The smallest absolute Gasteiger partial charge is 0.177 e. The first-order valence-electron chi connectivity index (χ1n) is 6.50. The molecular weight excluding hydrogens is 246 g/mol. The molecule has 0 aliphatic rings. The number of para-hydroxylation sites is 1. The van der Waals surface area contributed by atoms with Crippen molar-refractivity contribution in [1.29, 1.82) is 0 Å². The van der Waals surface area contributed by atoms with E-state index in [1.54, 1.807) is 12.1 Å². The van der Waals surface area contributed by atoms with Gasteiger partial charge in [-0.3, -0.25) is 0 Å². The third-order valence-electron chi connectivity index (χ3n) is 2.93. The highest BCUT2D eigenvalue weighted by Crippen LogP contribution is 2.22. The largest absolute Gasteiger partial charge is 0.382 e. The lowest BCUT2D eigenvalue weighted by Crippen LogP contribution is -2.17. The maximum atomic E-state index is 11.7. The summed E-state index contributed by atoms with van der Waals surface area (Å²) in [4.78, 5) is 0.382. The van der Waals surface area contributed by atoms with E-state index in [1.165, 1.54) is 25.5 Å².